The molecule has 146 valence electrons. The lowest BCUT2D eigenvalue weighted by molar-refractivity contribution is 0.114. The number of urea groups is 1. The Kier molecular flexibility index (Phi) is 6.70. The van der Waals surface area contributed by atoms with Crippen LogP contribution in [0.25, 0.3) is 0 Å². The molecule has 0 bridgehead atoms. The van der Waals surface area contributed by atoms with Crippen LogP contribution in [0.15, 0.2) is 42.7 Å². The molecule has 0 unspecified atom stereocenters. The van der Waals surface area contributed by atoms with E-state index in [0.29, 0.717) is 0 Å². The number of rotatable bonds is 7. The van der Waals surface area contributed by atoms with E-state index in [2.05, 4.69) is 27.7 Å². The number of aromatic nitrogens is 2. The highest BCUT2D eigenvalue weighted by Crippen LogP contribution is 2.20. The molecule has 0 saturated carbocycles. The summed E-state index contributed by atoms with van der Waals surface area (Å²) in [4.78, 5) is 14.5. The van der Waals surface area contributed by atoms with Crippen molar-refractivity contribution in [3.63, 3.8) is 0 Å². The molecule has 7 nitrogen and oxygen atoms in total. The van der Waals surface area contributed by atoms with Gasteiger partial charge in [0.05, 0.1) is 0 Å². The second kappa shape index (κ2) is 9.41. The fourth-order valence-corrected chi connectivity index (χ4v) is 3.13. The maximum atomic E-state index is 12.1. The number of nitrogens with one attached hydrogen (secondary N) is 2. The summed E-state index contributed by atoms with van der Waals surface area (Å²) < 4.78 is 7.89. The Labute approximate surface area is 160 Å². The van der Waals surface area contributed by atoms with Crippen LogP contribution in [-0.2, 0) is 6.54 Å². The van der Waals surface area contributed by atoms with Gasteiger partial charge in [-0.25, -0.2) is 4.79 Å². The standard InChI is InChI=1S/C20H29N5O2/c1-16(8-15-25-12-3-11-21-25)22-20(26)23-17-4-6-18(7-5-17)27-19-9-13-24(2)14-10-19/h3-7,11-12,16,19H,8-10,13-15H2,1-2H3,(H2,22,23,26)/t16-/m0/s1. The van der Waals surface area contributed by atoms with E-state index in [-0.39, 0.29) is 18.2 Å². The zero-order valence-corrected chi connectivity index (χ0v) is 16.1. The van der Waals surface area contributed by atoms with E-state index in [0.717, 1.165) is 50.3 Å². The zero-order chi connectivity index (χ0) is 19.1. The van der Waals surface area contributed by atoms with Crippen LogP contribution in [0.5, 0.6) is 5.75 Å². The van der Waals surface area contributed by atoms with E-state index in [1.807, 2.05) is 48.1 Å². The predicted molar refractivity (Wildman–Crippen MR) is 106 cm³/mol. The zero-order valence-electron chi connectivity index (χ0n) is 16.1. The summed E-state index contributed by atoms with van der Waals surface area (Å²) in [6, 6.07) is 9.32. The minimum atomic E-state index is -0.202. The number of carbonyl (C=O) groups excluding carboxylic acids is 1. The van der Waals surface area contributed by atoms with E-state index in [1.165, 1.54) is 0 Å². The minimum absolute atomic E-state index is 0.0567. The molecule has 1 saturated heterocycles. The Bertz CT molecular complexity index is 694. The first kappa shape index (κ1) is 19.2. The van der Waals surface area contributed by atoms with Crippen LogP contribution in [0, 0.1) is 0 Å². The number of benzene rings is 1. The smallest absolute Gasteiger partial charge is 0.319 e. The highest BCUT2D eigenvalue weighted by molar-refractivity contribution is 5.89. The van der Waals surface area contributed by atoms with Crippen LogP contribution in [0.3, 0.4) is 0 Å². The van der Waals surface area contributed by atoms with Crippen LogP contribution in [0.2, 0.25) is 0 Å². The number of ether oxygens (including phenoxy) is 1. The van der Waals surface area contributed by atoms with Gasteiger partial charge in [-0.1, -0.05) is 0 Å². The van der Waals surface area contributed by atoms with Gasteiger partial charge in [0.1, 0.15) is 11.9 Å². The predicted octanol–water partition coefficient (Wildman–Crippen LogP) is 2.96. The molecule has 2 heterocycles. The number of amides is 2. The molecule has 1 aromatic heterocycles. The third-order valence-corrected chi connectivity index (χ3v) is 4.81. The summed E-state index contributed by atoms with van der Waals surface area (Å²) in [5.74, 6) is 0.850. The van der Waals surface area contributed by atoms with Crippen LogP contribution in [-0.4, -0.2) is 53.0 Å². The fourth-order valence-electron chi connectivity index (χ4n) is 3.13. The topological polar surface area (TPSA) is 71.4 Å². The number of aryl methyl sites for hydroxylation is 1. The fraction of sp³-hybridized carbons (Fsp3) is 0.500. The minimum Gasteiger partial charge on any atom is -0.490 e. The van der Waals surface area contributed by atoms with Crippen molar-refractivity contribution in [3.8, 4) is 5.75 Å². The lowest BCUT2D eigenvalue weighted by atomic mass is 10.1. The highest BCUT2D eigenvalue weighted by atomic mass is 16.5. The molecule has 1 fully saturated rings. The van der Waals surface area contributed by atoms with Crippen molar-refractivity contribution < 1.29 is 9.53 Å². The van der Waals surface area contributed by atoms with E-state index in [1.54, 1.807) is 6.20 Å². The van der Waals surface area contributed by atoms with Crippen molar-refractivity contribution in [2.24, 2.45) is 0 Å². The van der Waals surface area contributed by atoms with Gasteiger partial charge in [0.15, 0.2) is 0 Å². The number of nitrogens with zero attached hydrogens (tertiary/aromatic N) is 3. The van der Waals surface area contributed by atoms with Crippen LogP contribution in [0.4, 0.5) is 10.5 Å². The summed E-state index contributed by atoms with van der Waals surface area (Å²) >= 11 is 0. The summed E-state index contributed by atoms with van der Waals surface area (Å²) in [7, 11) is 2.14. The van der Waals surface area contributed by atoms with E-state index >= 15 is 0 Å². The number of hydrogen-bond acceptors (Lipinski definition) is 4. The van der Waals surface area contributed by atoms with Crippen molar-refractivity contribution in [1.82, 2.24) is 20.0 Å². The van der Waals surface area contributed by atoms with Crippen LogP contribution < -0.4 is 15.4 Å². The Morgan fingerprint density at radius 3 is 2.70 bits per heavy atom. The first-order chi connectivity index (χ1) is 13.1. The van der Waals surface area contributed by atoms with Gasteiger partial charge in [-0.2, -0.15) is 5.10 Å². The number of piperidine rings is 1. The van der Waals surface area contributed by atoms with Crippen molar-refractivity contribution in [2.75, 3.05) is 25.5 Å². The Hall–Kier alpha value is -2.54. The molecule has 2 aromatic rings. The quantitative estimate of drug-likeness (QED) is 0.785. The molecule has 27 heavy (non-hydrogen) atoms. The maximum Gasteiger partial charge on any atom is 0.319 e. The van der Waals surface area contributed by atoms with Crippen molar-refractivity contribution in [3.05, 3.63) is 42.7 Å². The Morgan fingerprint density at radius 2 is 2.04 bits per heavy atom. The Balaban J connectivity index is 1.40. The summed E-state index contributed by atoms with van der Waals surface area (Å²) in [5, 5.41) is 9.98. The highest BCUT2D eigenvalue weighted by Gasteiger charge is 2.18. The molecule has 2 N–H and O–H groups in total. The molecule has 1 aliphatic heterocycles. The molecule has 1 aromatic carbocycles. The van der Waals surface area contributed by atoms with Gasteiger partial charge in [0.2, 0.25) is 0 Å². The van der Waals surface area contributed by atoms with E-state index in [9.17, 15) is 4.79 Å². The van der Waals surface area contributed by atoms with Crippen molar-refractivity contribution >= 4 is 11.7 Å². The number of carbonyl (C=O) groups is 1. The van der Waals surface area contributed by atoms with Gasteiger partial charge in [-0.05, 0) is 63.6 Å². The van der Waals surface area contributed by atoms with Crippen molar-refractivity contribution in [1.29, 1.82) is 0 Å². The second-order valence-electron chi connectivity index (χ2n) is 7.20. The molecule has 0 spiro atoms. The SMILES string of the molecule is C[C@@H](CCn1cccn1)NC(=O)Nc1ccc(OC2CCN(C)CC2)cc1. The van der Waals surface area contributed by atoms with E-state index in [4.69, 9.17) is 4.74 Å². The molecular weight excluding hydrogens is 342 g/mol. The molecule has 3 rings (SSSR count). The van der Waals surface area contributed by atoms with Crippen LogP contribution in [0.1, 0.15) is 26.2 Å². The molecule has 0 radical (unpaired) electrons. The average molecular weight is 371 g/mol. The molecule has 2 amide bonds. The first-order valence-corrected chi connectivity index (χ1v) is 9.59. The maximum absolute atomic E-state index is 12.1. The van der Waals surface area contributed by atoms with Crippen LogP contribution >= 0.6 is 0 Å². The third-order valence-electron chi connectivity index (χ3n) is 4.81. The summed E-state index contributed by atoms with van der Waals surface area (Å²) in [5.41, 5.74) is 0.752. The normalized spacial score (nSPS) is 16.7. The van der Waals surface area contributed by atoms with Crippen molar-refractivity contribution in [2.45, 2.75) is 44.9 Å². The van der Waals surface area contributed by atoms with Gasteiger partial charge < -0.3 is 20.3 Å². The van der Waals surface area contributed by atoms with Gasteiger partial charge in [0, 0.05) is 43.8 Å². The molecule has 1 aliphatic rings. The lowest BCUT2D eigenvalue weighted by Crippen LogP contribution is -2.36. The summed E-state index contributed by atoms with van der Waals surface area (Å²) in [6.45, 7) is 4.91. The van der Waals surface area contributed by atoms with E-state index < -0.39 is 0 Å². The number of anilines is 1. The third kappa shape index (κ3) is 6.29. The number of hydrogen-bond donors (Lipinski definition) is 2. The molecule has 7 heteroatoms. The molecular formula is C20H29N5O2. The van der Waals surface area contributed by atoms with Gasteiger partial charge in [-0.15, -0.1) is 0 Å². The molecule has 1 atom stereocenters. The number of likely N-dealkylation sites (tertiary alicyclic amines) is 1. The monoisotopic (exact) mass is 371 g/mol. The Morgan fingerprint density at radius 1 is 1.30 bits per heavy atom. The largest absolute Gasteiger partial charge is 0.490 e. The van der Waals surface area contributed by atoms with Gasteiger partial charge in [0.25, 0.3) is 0 Å². The molecule has 0 aliphatic carbocycles. The first-order valence-electron chi connectivity index (χ1n) is 9.59. The lowest BCUT2D eigenvalue weighted by Gasteiger charge is -2.29. The van der Waals surface area contributed by atoms with Gasteiger partial charge >= 0.3 is 6.03 Å². The van der Waals surface area contributed by atoms with Gasteiger partial charge in [-0.3, -0.25) is 4.68 Å². The second-order valence-corrected chi connectivity index (χ2v) is 7.20. The average Bonchev–Trinajstić information content (AvgIpc) is 3.17. The summed E-state index contributed by atoms with van der Waals surface area (Å²) in [6.07, 6.45) is 6.87.